The maximum Gasteiger partial charge on any atom is 0.240 e. The molecule has 0 aromatic heterocycles. The molecule has 0 saturated heterocycles. The fraction of sp³-hybridized carbons (Fsp3) is 0.522. The highest BCUT2D eigenvalue weighted by Crippen LogP contribution is 2.03. The van der Waals surface area contributed by atoms with E-state index in [9.17, 15) is 24.0 Å². The smallest absolute Gasteiger partial charge is 0.240 e. The van der Waals surface area contributed by atoms with Gasteiger partial charge in [-0.2, -0.15) is 0 Å². The van der Waals surface area contributed by atoms with Gasteiger partial charge in [-0.05, 0) is 5.56 Å². The first kappa shape index (κ1) is 30.5. The zero-order valence-corrected chi connectivity index (χ0v) is 20.3. The number of ether oxygens (including phenoxy) is 2. The lowest BCUT2D eigenvalue weighted by molar-refractivity contribution is -0.129. The lowest BCUT2D eigenvalue weighted by atomic mass is 10.1. The normalized spacial score (nSPS) is 11.2. The van der Waals surface area contributed by atoms with Crippen LogP contribution in [0.2, 0.25) is 0 Å². The number of carbonyl (C=O) groups is 5. The Morgan fingerprint density at radius 2 is 1.36 bits per heavy atom. The van der Waals surface area contributed by atoms with Crippen LogP contribution in [0.25, 0.3) is 0 Å². The number of benzene rings is 1. The Hall–Kier alpha value is -3.55. The highest BCUT2D eigenvalue weighted by atomic mass is 16.5. The molecule has 1 aromatic rings. The van der Waals surface area contributed by atoms with Gasteiger partial charge in [0.25, 0.3) is 0 Å². The van der Waals surface area contributed by atoms with E-state index in [4.69, 9.17) is 20.9 Å². The summed E-state index contributed by atoms with van der Waals surface area (Å²) in [5, 5.41) is 9.92. The van der Waals surface area contributed by atoms with Crippen molar-refractivity contribution in [2.75, 3.05) is 52.6 Å². The molecule has 1 atom stereocenters. The Kier molecular flexibility index (Phi) is 15.9. The molecular weight excluding hydrogens is 472 g/mol. The summed E-state index contributed by atoms with van der Waals surface area (Å²) >= 11 is 0. The molecule has 0 bridgehead atoms. The van der Waals surface area contributed by atoms with Gasteiger partial charge in [-0.25, -0.2) is 0 Å². The van der Waals surface area contributed by atoms with Crippen molar-refractivity contribution in [3.63, 3.8) is 0 Å². The summed E-state index contributed by atoms with van der Waals surface area (Å²) in [6.45, 7) is 1.05. The summed E-state index contributed by atoms with van der Waals surface area (Å²) < 4.78 is 10.6. The van der Waals surface area contributed by atoms with Crippen molar-refractivity contribution in [2.24, 2.45) is 11.5 Å². The maximum absolute atomic E-state index is 12.1. The third kappa shape index (κ3) is 15.4. The first-order valence-electron chi connectivity index (χ1n) is 11.6. The fourth-order valence-corrected chi connectivity index (χ4v) is 2.80. The van der Waals surface area contributed by atoms with Gasteiger partial charge in [0.1, 0.15) is 6.04 Å². The molecule has 1 aromatic carbocycles. The quantitative estimate of drug-likeness (QED) is 0.108. The number of primary amides is 1. The van der Waals surface area contributed by atoms with Gasteiger partial charge in [-0.1, -0.05) is 30.3 Å². The number of hydrogen-bond donors (Lipinski definition) is 6. The number of nitrogens with one attached hydrogen (secondary N) is 4. The molecular formula is C23H36N6O7. The van der Waals surface area contributed by atoms with Crippen molar-refractivity contribution < 1.29 is 33.4 Å². The van der Waals surface area contributed by atoms with Crippen LogP contribution in [0, 0.1) is 0 Å². The van der Waals surface area contributed by atoms with Crippen molar-refractivity contribution in [3.05, 3.63) is 35.9 Å². The lowest BCUT2D eigenvalue weighted by Crippen LogP contribution is -2.49. The summed E-state index contributed by atoms with van der Waals surface area (Å²) in [6.07, 6.45) is 0.547. The van der Waals surface area contributed by atoms with Gasteiger partial charge in [-0.3, -0.25) is 24.0 Å². The van der Waals surface area contributed by atoms with E-state index < -0.39 is 29.7 Å². The number of rotatable bonds is 19. The highest BCUT2D eigenvalue weighted by molar-refractivity contribution is 5.90. The Balaban J connectivity index is 2.08. The summed E-state index contributed by atoms with van der Waals surface area (Å²) in [6, 6.07) is 8.14. The molecule has 5 amide bonds. The Labute approximate surface area is 210 Å². The van der Waals surface area contributed by atoms with Crippen LogP contribution in [0.5, 0.6) is 0 Å². The third-order valence-electron chi connectivity index (χ3n) is 4.64. The van der Waals surface area contributed by atoms with Gasteiger partial charge < -0.3 is 42.2 Å². The average Bonchev–Trinajstić information content (AvgIpc) is 2.85. The summed E-state index contributed by atoms with van der Waals surface area (Å²) in [5.41, 5.74) is 11.4. The summed E-state index contributed by atoms with van der Waals surface area (Å²) in [5.74, 6) is -2.36. The number of carbonyl (C=O) groups excluding carboxylic acids is 5. The molecule has 0 spiro atoms. The van der Waals surface area contributed by atoms with E-state index in [0.717, 1.165) is 5.56 Å². The minimum atomic E-state index is -0.913. The van der Waals surface area contributed by atoms with Gasteiger partial charge in [0, 0.05) is 32.4 Å². The maximum atomic E-state index is 12.1. The van der Waals surface area contributed by atoms with Gasteiger partial charge >= 0.3 is 0 Å². The Morgan fingerprint density at radius 3 is 2.03 bits per heavy atom. The topological polar surface area (TPSA) is 204 Å². The minimum Gasteiger partial charge on any atom is -0.379 e. The molecule has 36 heavy (non-hydrogen) atoms. The van der Waals surface area contributed by atoms with Crippen LogP contribution in [0.1, 0.15) is 18.4 Å². The molecule has 0 aliphatic rings. The second-order valence-corrected chi connectivity index (χ2v) is 7.63. The van der Waals surface area contributed by atoms with Crippen LogP contribution in [-0.4, -0.2) is 88.2 Å². The van der Waals surface area contributed by atoms with Crippen molar-refractivity contribution in [1.82, 2.24) is 21.3 Å². The average molecular weight is 509 g/mol. The fourth-order valence-electron chi connectivity index (χ4n) is 2.80. The van der Waals surface area contributed by atoms with Crippen LogP contribution in [-0.2, 0) is 39.9 Å². The van der Waals surface area contributed by atoms with Crippen LogP contribution >= 0.6 is 0 Å². The summed E-state index contributed by atoms with van der Waals surface area (Å²) in [7, 11) is 0. The number of nitrogens with two attached hydrogens (primary N) is 2. The van der Waals surface area contributed by atoms with Crippen molar-refractivity contribution >= 4 is 29.5 Å². The Morgan fingerprint density at radius 1 is 0.750 bits per heavy atom. The second-order valence-electron chi connectivity index (χ2n) is 7.63. The van der Waals surface area contributed by atoms with E-state index >= 15 is 0 Å². The molecule has 13 heteroatoms. The van der Waals surface area contributed by atoms with Crippen molar-refractivity contribution in [2.45, 2.75) is 25.3 Å². The van der Waals surface area contributed by atoms with Gasteiger partial charge in [0.05, 0.1) is 39.5 Å². The second kappa shape index (κ2) is 18.7. The molecule has 8 N–H and O–H groups in total. The van der Waals surface area contributed by atoms with Crippen molar-refractivity contribution in [1.29, 1.82) is 0 Å². The van der Waals surface area contributed by atoms with E-state index in [2.05, 4.69) is 21.3 Å². The molecule has 1 rings (SSSR count). The standard InChI is InChI=1S/C23H36N6O7/c24-8-6-19(30)26-9-11-36-13-12-35-10-7-20(31)27-15-21(32)28-16-22(33)29-18(23(25)34)14-17-4-2-1-3-5-17/h1-5,18H,6-16,24H2,(H2,25,34)(H,26,30)(H,27,31)(H,28,32)(H,29,33). The minimum absolute atomic E-state index is 0.0443. The van der Waals surface area contributed by atoms with Gasteiger partial charge in [0.2, 0.25) is 29.5 Å². The lowest BCUT2D eigenvalue weighted by Gasteiger charge is -2.16. The first-order valence-corrected chi connectivity index (χ1v) is 11.6. The van der Waals surface area contributed by atoms with E-state index in [1.807, 2.05) is 6.07 Å². The van der Waals surface area contributed by atoms with Crippen LogP contribution in [0.4, 0.5) is 0 Å². The molecule has 0 saturated carbocycles. The van der Waals surface area contributed by atoms with E-state index in [-0.39, 0.29) is 51.5 Å². The third-order valence-corrected chi connectivity index (χ3v) is 4.64. The zero-order valence-electron chi connectivity index (χ0n) is 20.3. The molecule has 200 valence electrons. The van der Waals surface area contributed by atoms with E-state index in [1.165, 1.54) is 0 Å². The zero-order chi connectivity index (χ0) is 26.6. The molecule has 0 radical (unpaired) electrons. The molecule has 0 heterocycles. The number of hydrogen-bond acceptors (Lipinski definition) is 8. The van der Waals surface area contributed by atoms with Crippen LogP contribution in [0.3, 0.4) is 0 Å². The Bertz CT molecular complexity index is 838. The molecule has 13 nitrogen and oxygen atoms in total. The van der Waals surface area contributed by atoms with Crippen LogP contribution in [0.15, 0.2) is 30.3 Å². The van der Waals surface area contributed by atoms with Crippen molar-refractivity contribution in [3.8, 4) is 0 Å². The highest BCUT2D eigenvalue weighted by Gasteiger charge is 2.19. The van der Waals surface area contributed by atoms with Gasteiger partial charge in [-0.15, -0.1) is 0 Å². The molecule has 0 fully saturated rings. The molecule has 0 aliphatic carbocycles. The van der Waals surface area contributed by atoms with Gasteiger partial charge in [0.15, 0.2) is 0 Å². The SMILES string of the molecule is NCCC(=O)NCCOCCOCCC(=O)NCC(=O)NCC(=O)NC(Cc1ccccc1)C(N)=O. The van der Waals surface area contributed by atoms with E-state index in [1.54, 1.807) is 24.3 Å². The molecule has 0 aliphatic heterocycles. The largest absolute Gasteiger partial charge is 0.379 e. The van der Waals surface area contributed by atoms with E-state index in [0.29, 0.717) is 26.3 Å². The van der Waals surface area contributed by atoms with Crippen LogP contribution < -0.4 is 32.7 Å². The number of amides is 5. The molecule has 1 unspecified atom stereocenters. The summed E-state index contributed by atoms with van der Waals surface area (Å²) in [4.78, 5) is 58.5. The monoisotopic (exact) mass is 508 g/mol. The predicted octanol–water partition coefficient (Wildman–Crippen LogP) is -2.68. The first-order chi connectivity index (χ1) is 17.3. The predicted molar refractivity (Wildman–Crippen MR) is 130 cm³/mol.